The van der Waals surface area contributed by atoms with E-state index >= 15 is 0 Å². The van der Waals surface area contributed by atoms with Gasteiger partial charge in [0.2, 0.25) is 0 Å². The van der Waals surface area contributed by atoms with E-state index in [4.69, 9.17) is 26.2 Å². The predicted octanol–water partition coefficient (Wildman–Crippen LogP) is 1.03. The van der Waals surface area contributed by atoms with Gasteiger partial charge in [-0.2, -0.15) is 0 Å². The molecule has 0 heterocycles. The predicted molar refractivity (Wildman–Crippen MR) is 48.7 cm³/mol. The summed E-state index contributed by atoms with van der Waals surface area (Å²) in [5, 5.41) is 8.96. The molecule has 1 unspecified atom stereocenters. The van der Waals surface area contributed by atoms with Crippen LogP contribution in [-0.2, 0) is 9.47 Å². The Morgan fingerprint density at radius 3 is 2.50 bits per heavy atom. The highest BCUT2D eigenvalue weighted by Crippen LogP contribution is 1.89. The third-order valence-electron chi connectivity index (χ3n) is 1.21. The highest BCUT2D eigenvalue weighted by molar-refractivity contribution is 6.18. The third kappa shape index (κ3) is 8.27. The Hall–Kier alpha value is 0.170. The van der Waals surface area contributed by atoms with E-state index in [2.05, 4.69) is 6.92 Å². The molecule has 0 aliphatic carbocycles. The van der Waals surface area contributed by atoms with Gasteiger partial charge in [0.1, 0.15) is 0 Å². The minimum absolute atomic E-state index is 0.218. The second-order valence-electron chi connectivity index (χ2n) is 2.50. The molecule has 0 rings (SSSR count). The molecule has 0 aromatic carbocycles. The number of aliphatic hydroxyl groups excluding tert-OH is 1. The zero-order chi connectivity index (χ0) is 9.23. The van der Waals surface area contributed by atoms with Gasteiger partial charge in [-0.15, -0.1) is 11.6 Å². The molecule has 0 aliphatic heterocycles. The van der Waals surface area contributed by atoms with Gasteiger partial charge in [0.25, 0.3) is 0 Å². The Labute approximate surface area is 78.6 Å². The molecule has 4 heteroatoms. The van der Waals surface area contributed by atoms with Gasteiger partial charge >= 0.3 is 0 Å². The zero-order valence-corrected chi connectivity index (χ0v) is 8.22. The van der Waals surface area contributed by atoms with Crippen LogP contribution in [0.5, 0.6) is 0 Å². The molecule has 0 aliphatic rings. The molecule has 1 N–H and O–H groups in total. The molecule has 0 aromatic rings. The van der Waals surface area contributed by atoms with E-state index in [1.807, 2.05) is 0 Å². The van der Waals surface area contributed by atoms with Crippen LogP contribution < -0.4 is 0 Å². The van der Waals surface area contributed by atoms with Crippen LogP contribution in [0.3, 0.4) is 0 Å². The van der Waals surface area contributed by atoms with E-state index in [0.29, 0.717) is 19.8 Å². The number of rotatable bonds is 8. The maximum Gasteiger partial charge on any atom is 0.0908 e. The van der Waals surface area contributed by atoms with Crippen molar-refractivity contribution in [2.45, 2.75) is 19.4 Å². The standard InChI is InChI=1S/C8H17ClO3/c1-2-3-11-4-5-12-7-8(10)6-9/h8,10H,2-7H2,1H3. The molecule has 0 aromatic heterocycles. The molecular weight excluding hydrogens is 180 g/mol. The monoisotopic (exact) mass is 196 g/mol. The minimum atomic E-state index is -0.558. The van der Waals surface area contributed by atoms with Gasteiger partial charge in [0.15, 0.2) is 0 Å². The van der Waals surface area contributed by atoms with Crippen LogP contribution in [0.4, 0.5) is 0 Å². The maximum absolute atomic E-state index is 8.96. The van der Waals surface area contributed by atoms with Gasteiger partial charge < -0.3 is 14.6 Å². The number of aliphatic hydroxyl groups is 1. The highest BCUT2D eigenvalue weighted by Gasteiger charge is 2.00. The summed E-state index contributed by atoms with van der Waals surface area (Å²) in [4.78, 5) is 0. The molecule has 1 atom stereocenters. The van der Waals surface area contributed by atoms with Crippen molar-refractivity contribution in [3.05, 3.63) is 0 Å². The summed E-state index contributed by atoms with van der Waals surface area (Å²) in [5.41, 5.74) is 0. The first-order chi connectivity index (χ1) is 5.81. The molecule has 0 saturated carbocycles. The maximum atomic E-state index is 8.96. The second-order valence-corrected chi connectivity index (χ2v) is 2.80. The van der Waals surface area contributed by atoms with Crippen molar-refractivity contribution in [1.29, 1.82) is 0 Å². The molecule has 0 amide bonds. The summed E-state index contributed by atoms with van der Waals surface area (Å²) < 4.78 is 10.2. The molecule has 3 nitrogen and oxygen atoms in total. The normalized spacial score (nSPS) is 13.2. The second kappa shape index (κ2) is 9.26. The van der Waals surface area contributed by atoms with Crippen LogP contribution in [0.2, 0.25) is 0 Å². The van der Waals surface area contributed by atoms with Crippen molar-refractivity contribution in [2.24, 2.45) is 0 Å². The molecule has 0 fully saturated rings. The highest BCUT2D eigenvalue weighted by atomic mass is 35.5. The number of hydrogen-bond acceptors (Lipinski definition) is 3. The Balaban J connectivity index is 2.90. The fraction of sp³-hybridized carbons (Fsp3) is 1.00. The van der Waals surface area contributed by atoms with Gasteiger partial charge in [-0.1, -0.05) is 6.92 Å². The van der Waals surface area contributed by atoms with Gasteiger partial charge in [0, 0.05) is 6.61 Å². The number of halogens is 1. The summed E-state index contributed by atoms with van der Waals surface area (Å²) in [6.45, 7) is 4.22. The van der Waals surface area contributed by atoms with Crippen LogP contribution in [-0.4, -0.2) is 43.5 Å². The quantitative estimate of drug-likeness (QED) is 0.466. The lowest BCUT2D eigenvalue weighted by Gasteiger charge is -2.07. The van der Waals surface area contributed by atoms with E-state index in [0.717, 1.165) is 13.0 Å². The van der Waals surface area contributed by atoms with Crippen molar-refractivity contribution in [3.8, 4) is 0 Å². The van der Waals surface area contributed by atoms with Gasteiger partial charge in [-0.25, -0.2) is 0 Å². The SMILES string of the molecule is CCCOCCOCC(O)CCl. The topological polar surface area (TPSA) is 38.7 Å². The van der Waals surface area contributed by atoms with E-state index in [1.165, 1.54) is 0 Å². The summed E-state index contributed by atoms with van der Waals surface area (Å²) in [6.07, 6.45) is 0.461. The molecule has 12 heavy (non-hydrogen) atoms. The molecular formula is C8H17ClO3. The Kier molecular flexibility index (Phi) is 9.39. The zero-order valence-electron chi connectivity index (χ0n) is 7.46. The minimum Gasteiger partial charge on any atom is -0.389 e. The smallest absolute Gasteiger partial charge is 0.0908 e. The summed E-state index contributed by atoms with van der Waals surface area (Å²) in [6, 6.07) is 0. The van der Waals surface area contributed by atoms with Crippen molar-refractivity contribution in [2.75, 3.05) is 32.3 Å². The summed E-state index contributed by atoms with van der Waals surface area (Å²) >= 11 is 5.35. The molecule has 0 radical (unpaired) electrons. The fourth-order valence-electron chi connectivity index (χ4n) is 0.628. The van der Waals surface area contributed by atoms with Crippen LogP contribution in [0.15, 0.2) is 0 Å². The van der Waals surface area contributed by atoms with Crippen molar-refractivity contribution in [1.82, 2.24) is 0 Å². The molecule has 0 saturated heterocycles. The third-order valence-corrected chi connectivity index (χ3v) is 1.57. The van der Waals surface area contributed by atoms with Crippen LogP contribution >= 0.6 is 11.6 Å². The lowest BCUT2D eigenvalue weighted by atomic mass is 10.4. The summed E-state index contributed by atoms with van der Waals surface area (Å²) in [5.74, 6) is 0.218. The first-order valence-electron chi connectivity index (χ1n) is 4.20. The van der Waals surface area contributed by atoms with Crippen molar-refractivity contribution >= 4 is 11.6 Å². The average molecular weight is 197 g/mol. The Morgan fingerprint density at radius 2 is 1.92 bits per heavy atom. The number of alkyl halides is 1. The van der Waals surface area contributed by atoms with Crippen LogP contribution in [0.1, 0.15) is 13.3 Å². The lowest BCUT2D eigenvalue weighted by molar-refractivity contribution is 0.0107. The average Bonchev–Trinajstić information content (AvgIpc) is 2.10. The van der Waals surface area contributed by atoms with Crippen molar-refractivity contribution < 1.29 is 14.6 Å². The van der Waals surface area contributed by atoms with E-state index in [1.54, 1.807) is 0 Å². The number of ether oxygens (including phenoxy) is 2. The molecule has 0 spiro atoms. The van der Waals surface area contributed by atoms with Gasteiger partial charge in [-0.3, -0.25) is 0 Å². The first-order valence-corrected chi connectivity index (χ1v) is 4.74. The molecule has 0 bridgehead atoms. The number of hydrogen-bond donors (Lipinski definition) is 1. The molecule has 74 valence electrons. The van der Waals surface area contributed by atoms with Crippen LogP contribution in [0.25, 0.3) is 0 Å². The van der Waals surface area contributed by atoms with Crippen LogP contribution in [0, 0.1) is 0 Å². The first kappa shape index (κ1) is 12.2. The fourth-order valence-corrected chi connectivity index (χ4v) is 0.717. The Morgan fingerprint density at radius 1 is 1.25 bits per heavy atom. The van der Waals surface area contributed by atoms with E-state index in [9.17, 15) is 0 Å². The largest absolute Gasteiger partial charge is 0.389 e. The van der Waals surface area contributed by atoms with Gasteiger partial charge in [0.05, 0.1) is 31.8 Å². The van der Waals surface area contributed by atoms with Crippen molar-refractivity contribution in [3.63, 3.8) is 0 Å². The van der Waals surface area contributed by atoms with Gasteiger partial charge in [-0.05, 0) is 6.42 Å². The Bertz CT molecular complexity index is 90.4. The lowest BCUT2D eigenvalue weighted by Crippen LogP contribution is -2.18. The van der Waals surface area contributed by atoms with E-state index < -0.39 is 6.10 Å². The van der Waals surface area contributed by atoms with E-state index in [-0.39, 0.29) is 5.88 Å². The summed E-state index contributed by atoms with van der Waals surface area (Å²) in [7, 11) is 0.